The number of carbonyl (C=O) groups excluding carboxylic acids is 3. The van der Waals surface area contributed by atoms with Gasteiger partial charge in [0.1, 0.15) is 29.7 Å². The zero-order valence-corrected chi connectivity index (χ0v) is 24.6. The van der Waals surface area contributed by atoms with Gasteiger partial charge in [-0.2, -0.15) is 0 Å². The zero-order valence-electron chi connectivity index (χ0n) is 24.6. The summed E-state index contributed by atoms with van der Waals surface area (Å²) in [6, 6.07) is -0.118. The van der Waals surface area contributed by atoms with E-state index in [0.717, 1.165) is 12.0 Å². The molecule has 0 bridgehead atoms. The Hall–Kier alpha value is -2.37. The molecule has 10 nitrogen and oxygen atoms in total. The van der Waals surface area contributed by atoms with Gasteiger partial charge in [0, 0.05) is 25.8 Å². The van der Waals surface area contributed by atoms with Gasteiger partial charge in [0.25, 0.3) is 0 Å². The van der Waals surface area contributed by atoms with Crippen molar-refractivity contribution in [2.75, 3.05) is 20.2 Å². The number of ketones is 1. The number of likely N-dealkylation sites (N-methyl/N-ethyl adjacent to an activating group) is 1. The molecule has 0 saturated carbocycles. The van der Waals surface area contributed by atoms with Crippen LogP contribution in [0.15, 0.2) is 36.0 Å². The van der Waals surface area contributed by atoms with Crippen LogP contribution in [0.3, 0.4) is 0 Å². The molecular formula is C30H46N2O8. The van der Waals surface area contributed by atoms with Gasteiger partial charge < -0.3 is 34.7 Å². The van der Waals surface area contributed by atoms with E-state index in [2.05, 4.69) is 23.6 Å². The van der Waals surface area contributed by atoms with Crippen molar-refractivity contribution in [1.29, 1.82) is 0 Å². The van der Waals surface area contributed by atoms with Crippen LogP contribution in [0.1, 0.15) is 60.3 Å². The highest BCUT2D eigenvalue weighted by atomic mass is 16.6. The number of esters is 1. The summed E-state index contributed by atoms with van der Waals surface area (Å²) in [6.45, 7) is 9.87. The number of Topliss-reactive ketones (excluding diaryl/α,β-unsaturated/α-hetero) is 1. The Morgan fingerprint density at radius 3 is 2.55 bits per heavy atom. The van der Waals surface area contributed by atoms with Crippen molar-refractivity contribution < 1.29 is 38.4 Å². The molecule has 1 amide bonds. The first-order valence-corrected chi connectivity index (χ1v) is 14.2. The molecular weight excluding hydrogens is 516 g/mol. The van der Waals surface area contributed by atoms with Crippen molar-refractivity contribution in [3.8, 4) is 0 Å². The Balaban J connectivity index is 1.50. The Kier molecular flexibility index (Phi) is 11.7. The highest BCUT2D eigenvalue weighted by Crippen LogP contribution is 2.43. The minimum Gasteiger partial charge on any atom is -0.459 e. The zero-order chi connectivity index (χ0) is 29.4. The molecule has 3 N–H and O–H groups in total. The molecule has 40 heavy (non-hydrogen) atoms. The number of amides is 1. The van der Waals surface area contributed by atoms with Crippen molar-refractivity contribution in [2.45, 2.75) is 109 Å². The van der Waals surface area contributed by atoms with E-state index in [4.69, 9.17) is 18.9 Å². The summed E-state index contributed by atoms with van der Waals surface area (Å²) in [4.78, 5) is 35.5. The number of rotatable bonds is 12. The molecule has 3 rings (SSSR count). The topological polar surface area (TPSA) is 136 Å². The van der Waals surface area contributed by atoms with Crippen LogP contribution >= 0.6 is 0 Å². The van der Waals surface area contributed by atoms with Gasteiger partial charge in [-0.15, -0.1) is 0 Å². The van der Waals surface area contributed by atoms with Crippen LogP contribution in [0.25, 0.3) is 0 Å². The minimum atomic E-state index is -0.776. The largest absolute Gasteiger partial charge is 0.459 e. The maximum Gasteiger partial charge on any atom is 0.303 e. The normalized spacial score (nSPS) is 35.2. The molecule has 0 unspecified atom stereocenters. The van der Waals surface area contributed by atoms with Crippen LogP contribution < -0.4 is 10.6 Å². The van der Waals surface area contributed by atoms with Crippen molar-refractivity contribution in [1.82, 2.24) is 10.6 Å². The molecule has 224 valence electrons. The summed E-state index contributed by atoms with van der Waals surface area (Å²) in [5.74, 6) is -0.342. The Bertz CT molecular complexity index is 988. The average Bonchev–Trinajstić information content (AvgIpc) is 3.64. The van der Waals surface area contributed by atoms with Crippen LogP contribution in [0, 0.1) is 5.92 Å². The van der Waals surface area contributed by atoms with Gasteiger partial charge in [-0.1, -0.05) is 30.7 Å². The first-order chi connectivity index (χ1) is 18.9. The standard InChI is InChI=1S/C30H46N2O8/c1-18(8-11-27-29(36)30(17-37-30)15-24(40-27)14-23(34)16-31-6)7-10-26-19(2)13-25(21(4)39-26)32-28(35)12-9-20(3)38-22(5)33/h7-9,11-12,19-21,24-27,29,31,36H,10,13-17H2,1-6H3,(H,32,35)/b11-8+,12-9-,18-7+/t19-,20-,21+,24+,25+,26-,27+,29+,30+/m0/s1. The van der Waals surface area contributed by atoms with Crippen molar-refractivity contribution >= 4 is 17.7 Å². The molecule has 3 heterocycles. The maximum atomic E-state index is 12.4. The average molecular weight is 563 g/mol. The number of allylic oxidation sites excluding steroid dienone is 2. The summed E-state index contributed by atoms with van der Waals surface area (Å²) in [7, 11) is 1.74. The lowest BCUT2D eigenvalue weighted by atomic mass is 9.87. The molecule has 0 aliphatic carbocycles. The highest BCUT2D eigenvalue weighted by Gasteiger charge is 2.58. The smallest absolute Gasteiger partial charge is 0.303 e. The monoisotopic (exact) mass is 562 g/mol. The molecule has 0 aromatic rings. The van der Waals surface area contributed by atoms with Crippen LogP contribution in [0.2, 0.25) is 0 Å². The third kappa shape index (κ3) is 9.34. The molecule has 1 spiro atoms. The van der Waals surface area contributed by atoms with E-state index in [1.54, 1.807) is 20.0 Å². The number of aliphatic hydroxyl groups excluding tert-OH is 1. The number of aliphatic hydroxyl groups is 1. The van der Waals surface area contributed by atoms with Gasteiger partial charge in [0.15, 0.2) is 0 Å². The summed E-state index contributed by atoms with van der Waals surface area (Å²) >= 11 is 0. The highest BCUT2D eigenvalue weighted by molar-refractivity contribution is 5.87. The molecule has 3 aliphatic rings. The first-order valence-electron chi connectivity index (χ1n) is 14.2. The Labute approximate surface area is 237 Å². The molecule has 0 aromatic carbocycles. The Morgan fingerprint density at radius 2 is 1.90 bits per heavy atom. The molecule has 0 radical (unpaired) electrons. The lowest BCUT2D eigenvalue weighted by Gasteiger charge is -2.39. The molecule has 9 atom stereocenters. The predicted octanol–water partition coefficient (Wildman–Crippen LogP) is 2.15. The van der Waals surface area contributed by atoms with Crippen molar-refractivity contribution in [3.05, 3.63) is 36.0 Å². The second-order valence-corrected chi connectivity index (χ2v) is 11.4. The minimum absolute atomic E-state index is 0.00764. The fraction of sp³-hybridized carbons (Fsp3) is 0.700. The van der Waals surface area contributed by atoms with E-state index >= 15 is 0 Å². The third-order valence-corrected chi connectivity index (χ3v) is 7.75. The van der Waals surface area contributed by atoms with Crippen molar-refractivity contribution in [2.24, 2.45) is 5.92 Å². The van der Waals surface area contributed by atoms with Gasteiger partial charge in [-0.25, -0.2) is 0 Å². The van der Waals surface area contributed by atoms with E-state index in [1.165, 1.54) is 13.0 Å². The lowest BCUT2D eigenvalue weighted by Crippen LogP contribution is -2.50. The molecule has 3 aliphatic heterocycles. The number of hydrogen-bond acceptors (Lipinski definition) is 9. The van der Waals surface area contributed by atoms with E-state index < -0.39 is 29.9 Å². The number of epoxide rings is 1. The number of ether oxygens (including phenoxy) is 4. The fourth-order valence-corrected chi connectivity index (χ4v) is 5.41. The molecule has 10 heteroatoms. The number of nitrogens with one attached hydrogen (secondary N) is 2. The van der Waals surface area contributed by atoms with Gasteiger partial charge in [0.2, 0.25) is 5.91 Å². The predicted molar refractivity (Wildman–Crippen MR) is 149 cm³/mol. The van der Waals surface area contributed by atoms with E-state index in [0.29, 0.717) is 26.0 Å². The van der Waals surface area contributed by atoms with Gasteiger partial charge in [-0.3, -0.25) is 14.4 Å². The summed E-state index contributed by atoms with van der Waals surface area (Å²) < 4.78 is 23.0. The molecule has 3 saturated heterocycles. The van der Waals surface area contributed by atoms with Crippen LogP contribution in [0.4, 0.5) is 0 Å². The van der Waals surface area contributed by atoms with Crippen LogP contribution in [-0.4, -0.2) is 91.2 Å². The van der Waals surface area contributed by atoms with E-state index in [-0.39, 0.29) is 48.4 Å². The quantitative estimate of drug-likeness (QED) is 0.141. The summed E-state index contributed by atoms with van der Waals surface area (Å²) in [5, 5.41) is 16.7. The summed E-state index contributed by atoms with van der Waals surface area (Å²) in [6.07, 6.45) is 8.91. The van der Waals surface area contributed by atoms with Crippen LogP contribution in [-0.2, 0) is 33.3 Å². The van der Waals surface area contributed by atoms with Gasteiger partial charge >= 0.3 is 5.97 Å². The summed E-state index contributed by atoms with van der Waals surface area (Å²) in [5.41, 5.74) is 0.403. The van der Waals surface area contributed by atoms with Crippen molar-refractivity contribution in [3.63, 3.8) is 0 Å². The van der Waals surface area contributed by atoms with Crippen LogP contribution in [0.5, 0.6) is 0 Å². The number of carbonyl (C=O) groups is 3. The second-order valence-electron chi connectivity index (χ2n) is 11.4. The molecule has 0 aromatic heterocycles. The van der Waals surface area contributed by atoms with E-state index in [1.807, 2.05) is 26.0 Å². The SMILES string of the molecule is CNCC(=O)C[C@@H]1C[C@@]2(CO2)[C@H](O)[C@@H](/C=C/C(C)=C/C[C@@H]2O[C@H](C)[C@H](NC(=O)/C=C\[C@H](C)OC(C)=O)C[C@@H]2C)O1. The van der Waals surface area contributed by atoms with E-state index in [9.17, 15) is 19.5 Å². The second kappa shape index (κ2) is 14.5. The van der Waals surface area contributed by atoms with Gasteiger partial charge in [-0.05, 0) is 52.7 Å². The van der Waals surface area contributed by atoms with Gasteiger partial charge in [0.05, 0.1) is 37.5 Å². The fourth-order valence-electron chi connectivity index (χ4n) is 5.41. The third-order valence-electron chi connectivity index (χ3n) is 7.75. The number of hydrogen-bond donors (Lipinski definition) is 3. The maximum absolute atomic E-state index is 12.4. The Morgan fingerprint density at radius 1 is 1.18 bits per heavy atom. The first kappa shape index (κ1) is 32.1. The lowest BCUT2D eigenvalue weighted by molar-refractivity contribution is -0.144. The molecule has 3 fully saturated rings.